The standard InChI is InChI=1S/C16H22N2OS/c1-2-3-4-5-6-8-12-9-7-10-13(11-12)14-15(19)18-16(20)17-14/h7,9-11,14H,2-6,8H2,1H3,(H2,17,18,19,20). The second kappa shape index (κ2) is 7.39. The van der Waals surface area contributed by atoms with Crippen molar-refractivity contribution in [1.29, 1.82) is 0 Å². The molecule has 108 valence electrons. The fourth-order valence-electron chi connectivity index (χ4n) is 2.51. The number of amides is 1. The van der Waals surface area contributed by atoms with Gasteiger partial charge in [0.2, 0.25) is 0 Å². The van der Waals surface area contributed by atoms with Crippen molar-refractivity contribution in [1.82, 2.24) is 10.6 Å². The summed E-state index contributed by atoms with van der Waals surface area (Å²) in [6, 6.07) is 7.92. The molecule has 0 spiro atoms. The van der Waals surface area contributed by atoms with E-state index in [0.717, 1.165) is 12.0 Å². The van der Waals surface area contributed by atoms with Crippen LogP contribution in [0.3, 0.4) is 0 Å². The molecule has 20 heavy (non-hydrogen) atoms. The Hall–Kier alpha value is -1.42. The Morgan fingerprint density at radius 2 is 2.00 bits per heavy atom. The van der Waals surface area contributed by atoms with Crippen molar-refractivity contribution in [2.24, 2.45) is 0 Å². The number of nitrogens with one attached hydrogen (secondary N) is 2. The summed E-state index contributed by atoms with van der Waals surface area (Å²) >= 11 is 4.97. The fourth-order valence-corrected chi connectivity index (χ4v) is 2.73. The monoisotopic (exact) mass is 290 g/mol. The van der Waals surface area contributed by atoms with Crippen molar-refractivity contribution < 1.29 is 4.79 Å². The number of thiocarbonyl (C=S) groups is 1. The first-order valence-electron chi connectivity index (χ1n) is 7.41. The lowest BCUT2D eigenvalue weighted by molar-refractivity contribution is -0.120. The van der Waals surface area contributed by atoms with Gasteiger partial charge in [0.25, 0.3) is 5.91 Å². The fraction of sp³-hybridized carbons (Fsp3) is 0.500. The van der Waals surface area contributed by atoms with Gasteiger partial charge in [-0.15, -0.1) is 0 Å². The molecular formula is C16H22N2OS. The zero-order chi connectivity index (χ0) is 14.4. The number of unbranched alkanes of at least 4 members (excludes halogenated alkanes) is 4. The van der Waals surface area contributed by atoms with Crippen molar-refractivity contribution in [3.63, 3.8) is 0 Å². The van der Waals surface area contributed by atoms with Crippen molar-refractivity contribution in [3.05, 3.63) is 35.4 Å². The van der Waals surface area contributed by atoms with Gasteiger partial charge in [0.1, 0.15) is 6.04 Å². The van der Waals surface area contributed by atoms with Gasteiger partial charge in [-0.05, 0) is 36.2 Å². The summed E-state index contributed by atoms with van der Waals surface area (Å²) in [5, 5.41) is 6.06. The van der Waals surface area contributed by atoms with Crippen LogP contribution in [0.15, 0.2) is 24.3 Å². The summed E-state index contributed by atoms with van der Waals surface area (Å²) in [5.41, 5.74) is 2.29. The Labute approximate surface area is 126 Å². The summed E-state index contributed by atoms with van der Waals surface area (Å²) in [6.07, 6.45) is 7.49. The molecule has 1 unspecified atom stereocenters. The van der Waals surface area contributed by atoms with Crippen LogP contribution in [0, 0.1) is 0 Å². The van der Waals surface area contributed by atoms with E-state index in [1.807, 2.05) is 12.1 Å². The van der Waals surface area contributed by atoms with Gasteiger partial charge < -0.3 is 10.6 Å². The van der Waals surface area contributed by atoms with E-state index < -0.39 is 0 Å². The van der Waals surface area contributed by atoms with E-state index in [9.17, 15) is 4.79 Å². The molecule has 1 aromatic carbocycles. The molecule has 1 atom stereocenters. The SMILES string of the molecule is CCCCCCCc1cccc(C2NC(=S)NC2=O)c1. The first-order valence-corrected chi connectivity index (χ1v) is 7.81. The Bertz CT molecular complexity index is 487. The van der Waals surface area contributed by atoms with Gasteiger partial charge in [-0.25, -0.2) is 0 Å². The normalized spacial score (nSPS) is 17.9. The quantitative estimate of drug-likeness (QED) is 0.598. The summed E-state index contributed by atoms with van der Waals surface area (Å²) < 4.78 is 0. The second-order valence-electron chi connectivity index (χ2n) is 5.30. The van der Waals surface area contributed by atoms with E-state index in [4.69, 9.17) is 12.2 Å². The highest BCUT2D eigenvalue weighted by Gasteiger charge is 2.28. The molecule has 3 nitrogen and oxygen atoms in total. The van der Waals surface area contributed by atoms with Gasteiger partial charge in [-0.1, -0.05) is 56.9 Å². The van der Waals surface area contributed by atoms with Crippen LogP contribution in [0.2, 0.25) is 0 Å². The highest BCUT2D eigenvalue weighted by atomic mass is 32.1. The Kier molecular flexibility index (Phi) is 5.53. The average Bonchev–Trinajstić information content (AvgIpc) is 2.78. The van der Waals surface area contributed by atoms with Crippen LogP contribution in [-0.2, 0) is 11.2 Å². The lowest BCUT2D eigenvalue weighted by atomic mass is 10.00. The van der Waals surface area contributed by atoms with Crippen LogP contribution in [0.25, 0.3) is 0 Å². The predicted octanol–water partition coefficient (Wildman–Crippen LogP) is 3.24. The van der Waals surface area contributed by atoms with Crippen LogP contribution >= 0.6 is 12.2 Å². The van der Waals surface area contributed by atoms with Crippen LogP contribution in [0.4, 0.5) is 0 Å². The number of rotatable bonds is 7. The van der Waals surface area contributed by atoms with Crippen LogP contribution in [0.1, 0.15) is 56.2 Å². The largest absolute Gasteiger partial charge is 0.347 e. The van der Waals surface area contributed by atoms with Gasteiger partial charge in [0.15, 0.2) is 5.11 Å². The molecule has 0 bridgehead atoms. The molecule has 1 aromatic rings. The highest BCUT2D eigenvalue weighted by Crippen LogP contribution is 2.19. The third-order valence-electron chi connectivity index (χ3n) is 3.63. The molecule has 2 rings (SSSR count). The summed E-state index contributed by atoms with van der Waals surface area (Å²) in [5.74, 6) is -0.0601. The molecule has 0 aromatic heterocycles. The maximum atomic E-state index is 11.8. The topological polar surface area (TPSA) is 41.1 Å². The smallest absolute Gasteiger partial charge is 0.253 e. The van der Waals surface area contributed by atoms with Gasteiger partial charge in [0.05, 0.1) is 0 Å². The molecule has 1 aliphatic rings. The lowest BCUT2D eigenvalue weighted by Crippen LogP contribution is -2.21. The first-order chi connectivity index (χ1) is 9.70. The van der Waals surface area contributed by atoms with Gasteiger partial charge in [-0.2, -0.15) is 0 Å². The molecule has 0 saturated carbocycles. The molecule has 4 heteroatoms. The Balaban J connectivity index is 1.91. The summed E-state index contributed by atoms with van der Waals surface area (Å²) in [4.78, 5) is 11.8. The minimum Gasteiger partial charge on any atom is -0.347 e. The van der Waals surface area contributed by atoms with Crippen molar-refractivity contribution in [2.75, 3.05) is 0 Å². The van der Waals surface area contributed by atoms with E-state index in [0.29, 0.717) is 5.11 Å². The number of carbonyl (C=O) groups excluding carboxylic acids is 1. The summed E-state index contributed by atoms with van der Waals surface area (Å²) in [6.45, 7) is 2.23. The molecule has 1 saturated heterocycles. The first kappa shape index (κ1) is 15.0. The zero-order valence-electron chi connectivity index (χ0n) is 11.9. The lowest BCUT2D eigenvalue weighted by Gasteiger charge is -2.10. The van der Waals surface area contributed by atoms with Crippen LogP contribution in [0.5, 0.6) is 0 Å². The van der Waals surface area contributed by atoms with Crippen molar-refractivity contribution in [3.8, 4) is 0 Å². The molecule has 2 N–H and O–H groups in total. The number of hydrogen-bond acceptors (Lipinski definition) is 2. The summed E-state index contributed by atoms with van der Waals surface area (Å²) in [7, 11) is 0. The maximum absolute atomic E-state index is 11.8. The minimum absolute atomic E-state index is 0.0601. The molecular weight excluding hydrogens is 268 g/mol. The van der Waals surface area contributed by atoms with Gasteiger partial charge >= 0.3 is 0 Å². The van der Waals surface area contributed by atoms with E-state index in [2.05, 4.69) is 29.7 Å². The number of hydrogen-bond donors (Lipinski definition) is 2. The van der Waals surface area contributed by atoms with Gasteiger partial charge in [-0.3, -0.25) is 4.79 Å². The molecule has 1 heterocycles. The Morgan fingerprint density at radius 3 is 2.70 bits per heavy atom. The number of aryl methyl sites for hydroxylation is 1. The third kappa shape index (κ3) is 4.04. The van der Waals surface area contributed by atoms with Crippen LogP contribution < -0.4 is 10.6 Å². The number of benzene rings is 1. The van der Waals surface area contributed by atoms with E-state index >= 15 is 0 Å². The Morgan fingerprint density at radius 1 is 1.20 bits per heavy atom. The van der Waals surface area contributed by atoms with Gasteiger partial charge in [0, 0.05) is 0 Å². The number of carbonyl (C=O) groups is 1. The predicted molar refractivity (Wildman–Crippen MR) is 85.5 cm³/mol. The van der Waals surface area contributed by atoms with Crippen LogP contribution in [-0.4, -0.2) is 11.0 Å². The van der Waals surface area contributed by atoms with E-state index in [1.54, 1.807) is 0 Å². The third-order valence-corrected chi connectivity index (χ3v) is 3.85. The van der Waals surface area contributed by atoms with E-state index in [-0.39, 0.29) is 11.9 Å². The molecule has 1 amide bonds. The van der Waals surface area contributed by atoms with Crippen molar-refractivity contribution >= 4 is 23.2 Å². The second-order valence-corrected chi connectivity index (χ2v) is 5.71. The maximum Gasteiger partial charge on any atom is 0.253 e. The molecule has 0 aliphatic carbocycles. The molecule has 1 aliphatic heterocycles. The van der Waals surface area contributed by atoms with E-state index in [1.165, 1.54) is 37.7 Å². The molecule has 1 fully saturated rings. The average molecular weight is 290 g/mol. The zero-order valence-corrected chi connectivity index (χ0v) is 12.8. The highest BCUT2D eigenvalue weighted by molar-refractivity contribution is 7.80. The molecule has 0 radical (unpaired) electrons. The van der Waals surface area contributed by atoms with Crippen molar-refractivity contribution in [2.45, 2.75) is 51.5 Å². The minimum atomic E-state index is -0.331.